The Kier molecular flexibility index (Phi) is 3.63. The van der Waals surface area contributed by atoms with E-state index in [9.17, 15) is 9.59 Å². The van der Waals surface area contributed by atoms with Gasteiger partial charge in [-0.3, -0.25) is 9.59 Å². The van der Waals surface area contributed by atoms with Gasteiger partial charge in [-0.05, 0) is 45.4 Å². The van der Waals surface area contributed by atoms with Crippen LogP contribution < -0.4 is 5.32 Å². The maximum atomic E-state index is 12.6. The fourth-order valence-electron chi connectivity index (χ4n) is 3.46. The maximum absolute atomic E-state index is 12.6. The lowest BCUT2D eigenvalue weighted by atomic mass is 9.81. The highest BCUT2D eigenvalue weighted by molar-refractivity contribution is 5.99. The lowest BCUT2D eigenvalue weighted by Crippen LogP contribution is -2.68. The Morgan fingerprint density at radius 1 is 1.26 bits per heavy atom. The van der Waals surface area contributed by atoms with Gasteiger partial charge in [0.15, 0.2) is 0 Å². The van der Waals surface area contributed by atoms with Crippen LogP contribution in [-0.2, 0) is 9.59 Å². The van der Waals surface area contributed by atoms with Crippen molar-refractivity contribution in [3.05, 3.63) is 0 Å². The molecule has 1 atom stereocenters. The summed E-state index contributed by atoms with van der Waals surface area (Å²) in [6.45, 7) is 8.36. The van der Waals surface area contributed by atoms with Crippen LogP contribution in [0.5, 0.6) is 0 Å². The van der Waals surface area contributed by atoms with Crippen LogP contribution in [0.1, 0.15) is 59.8 Å². The highest BCUT2D eigenvalue weighted by Crippen LogP contribution is 2.42. The van der Waals surface area contributed by atoms with Crippen LogP contribution in [0.3, 0.4) is 0 Å². The Balaban J connectivity index is 2.21. The second-order valence-corrected chi connectivity index (χ2v) is 6.78. The molecule has 0 aromatic carbocycles. The van der Waals surface area contributed by atoms with Crippen molar-refractivity contribution in [1.82, 2.24) is 10.2 Å². The zero-order chi connectivity index (χ0) is 14.3. The van der Waals surface area contributed by atoms with Crippen molar-refractivity contribution in [2.75, 3.05) is 6.54 Å². The molecule has 0 aromatic heterocycles. The summed E-state index contributed by atoms with van der Waals surface area (Å²) < 4.78 is 0. The number of carbonyl (C=O) groups is 2. The third kappa shape index (κ3) is 2.49. The number of carbonyl (C=O) groups excluding carboxylic acids is 2. The lowest BCUT2D eigenvalue weighted by Gasteiger charge is -2.45. The first-order valence-electron chi connectivity index (χ1n) is 7.44. The Morgan fingerprint density at radius 3 is 2.37 bits per heavy atom. The van der Waals surface area contributed by atoms with Crippen LogP contribution in [0.2, 0.25) is 0 Å². The highest BCUT2D eigenvalue weighted by Gasteiger charge is 2.46. The van der Waals surface area contributed by atoms with Crippen LogP contribution in [0.15, 0.2) is 0 Å². The Morgan fingerprint density at radius 2 is 1.84 bits per heavy atom. The van der Waals surface area contributed by atoms with Gasteiger partial charge in [-0.2, -0.15) is 0 Å². The summed E-state index contributed by atoms with van der Waals surface area (Å²) in [5.74, 6) is 0.0215. The van der Waals surface area contributed by atoms with Crippen molar-refractivity contribution in [2.45, 2.75) is 71.4 Å². The largest absolute Gasteiger partial charge is 0.340 e. The van der Waals surface area contributed by atoms with Crippen LogP contribution in [-0.4, -0.2) is 34.8 Å². The molecule has 1 saturated carbocycles. The van der Waals surface area contributed by atoms with E-state index in [1.807, 2.05) is 11.8 Å². The fraction of sp³-hybridized carbons (Fsp3) is 0.867. The first-order chi connectivity index (χ1) is 8.81. The molecule has 2 aliphatic rings. The molecule has 1 heterocycles. The molecule has 19 heavy (non-hydrogen) atoms. The average Bonchev–Trinajstić information content (AvgIpc) is 2.81. The Labute approximate surface area is 115 Å². The van der Waals surface area contributed by atoms with E-state index >= 15 is 0 Å². The maximum Gasteiger partial charge on any atom is 0.248 e. The minimum atomic E-state index is -0.767. The molecule has 1 N–H and O–H groups in total. The van der Waals surface area contributed by atoms with Crippen molar-refractivity contribution in [2.24, 2.45) is 5.41 Å². The monoisotopic (exact) mass is 266 g/mol. The van der Waals surface area contributed by atoms with E-state index in [0.29, 0.717) is 0 Å². The average molecular weight is 266 g/mol. The molecule has 2 amide bonds. The molecule has 4 nitrogen and oxygen atoms in total. The molecule has 0 aromatic rings. The van der Waals surface area contributed by atoms with Crippen molar-refractivity contribution in [3.8, 4) is 0 Å². The van der Waals surface area contributed by atoms with Gasteiger partial charge in [0.25, 0.3) is 0 Å². The summed E-state index contributed by atoms with van der Waals surface area (Å²) in [7, 11) is 0. The quantitative estimate of drug-likeness (QED) is 0.850. The first-order valence-corrected chi connectivity index (χ1v) is 7.44. The fourth-order valence-corrected chi connectivity index (χ4v) is 3.46. The number of nitrogens with one attached hydrogen (secondary N) is 1. The van der Waals surface area contributed by atoms with E-state index in [4.69, 9.17) is 0 Å². The molecule has 108 valence electrons. The van der Waals surface area contributed by atoms with Gasteiger partial charge in [0.05, 0.1) is 0 Å². The van der Waals surface area contributed by atoms with Gasteiger partial charge in [-0.1, -0.05) is 19.8 Å². The number of piperazine rings is 1. The Hall–Kier alpha value is -1.06. The van der Waals surface area contributed by atoms with Gasteiger partial charge in [0, 0.05) is 6.54 Å². The van der Waals surface area contributed by atoms with Gasteiger partial charge in [-0.25, -0.2) is 0 Å². The lowest BCUT2D eigenvalue weighted by molar-refractivity contribution is -0.154. The molecular formula is C15H26N2O2. The number of amides is 2. The number of hydrogen-bond donors (Lipinski definition) is 1. The predicted molar refractivity (Wildman–Crippen MR) is 74.6 cm³/mol. The topological polar surface area (TPSA) is 49.4 Å². The van der Waals surface area contributed by atoms with Gasteiger partial charge < -0.3 is 10.2 Å². The summed E-state index contributed by atoms with van der Waals surface area (Å²) in [4.78, 5) is 26.4. The molecule has 1 unspecified atom stereocenters. The zero-order valence-electron chi connectivity index (χ0n) is 12.6. The van der Waals surface area contributed by atoms with E-state index in [1.165, 1.54) is 25.7 Å². The Bertz CT molecular complexity index is 384. The molecule has 0 spiro atoms. The third-order valence-corrected chi connectivity index (χ3v) is 5.00. The smallest absolute Gasteiger partial charge is 0.248 e. The molecule has 1 saturated heterocycles. The normalized spacial score (nSPS) is 29.5. The molecule has 1 aliphatic carbocycles. The number of hydrogen-bond acceptors (Lipinski definition) is 2. The molecule has 1 aliphatic heterocycles. The van der Waals surface area contributed by atoms with Gasteiger partial charge in [0.2, 0.25) is 11.8 Å². The van der Waals surface area contributed by atoms with E-state index in [2.05, 4.69) is 12.2 Å². The second kappa shape index (κ2) is 4.80. The number of rotatable bonds is 3. The first kappa shape index (κ1) is 14.4. The van der Waals surface area contributed by atoms with Gasteiger partial charge >= 0.3 is 0 Å². The summed E-state index contributed by atoms with van der Waals surface area (Å²) in [6.07, 6.45) is 5.95. The summed E-state index contributed by atoms with van der Waals surface area (Å²) in [5, 5.41) is 2.81. The van der Waals surface area contributed by atoms with Crippen LogP contribution >= 0.6 is 0 Å². The molecule has 2 fully saturated rings. The standard InChI is InChI=1S/C15H26N2O2/c1-5-15(8-6-7-9-15)10-17-11(2)12(18)16-14(3,4)13(17)19/h11H,5-10H2,1-4H3,(H,16,18). The van der Waals surface area contributed by atoms with Crippen molar-refractivity contribution in [3.63, 3.8) is 0 Å². The minimum Gasteiger partial charge on any atom is -0.340 e. The third-order valence-electron chi connectivity index (χ3n) is 5.00. The van der Waals surface area contributed by atoms with Crippen LogP contribution in [0.25, 0.3) is 0 Å². The SMILES string of the molecule is CCC1(CN2C(=O)C(C)(C)NC(=O)C2C)CCCC1. The van der Waals surface area contributed by atoms with Crippen LogP contribution in [0.4, 0.5) is 0 Å². The number of nitrogens with zero attached hydrogens (tertiary/aromatic N) is 1. The molecular weight excluding hydrogens is 240 g/mol. The zero-order valence-corrected chi connectivity index (χ0v) is 12.6. The summed E-state index contributed by atoms with van der Waals surface area (Å²) in [6, 6.07) is -0.343. The van der Waals surface area contributed by atoms with E-state index < -0.39 is 5.54 Å². The van der Waals surface area contributed by atoms with Crippen LogP contribution in [0, 0.1) is 5.41 Å². The minimum absolute atomic E-state index is 0.0335. The van der Waals surface area contributed by atoms with E-state index in [-0.39, 0.29) is 23.3 Å². The van der Waals surface area contributed by atoms with Crippen molar-refractivity contribution >= 4 is 11.8 Å². The highest BCUT2D eigenvalue weighted by atomic mass is 16.2. The molecule has 0 radical (unpaired) electrons. The second-order valence-electron chi connectivity index (χ2n) is 6.78. The molecule has 4 heteroatoms. The van der Waals surface area contributed by atoms with Crippen molar-refractivity contribution in [1.29, 1.82) is 0 Å². The van der Waals surface area contributed by atoms with Gasteiger partial charge in [-0.15, -0.1) is 0 Å². The molecule has 2 rings (SSSR count). The predicted octanol–water partition coefficient (Wildman–Crippen LogP) is 2.08. The van der Waals surface area contributed by atoms with Gasteiger partial charge in [0.1, 0.15) is 11.6 Å². The van der Waals surface area contributed by atoms with E-state index in [0.717, 1.165) is 13.0 Å². The van der Waals surface area contributed by atoms with E-state index in [1.54, 1.807) is 13.8 Å². The molecule has 0 bridgehead atoms. The van der Waals surface area contributed by atoms with Crippen molar-refractivity contribution < 1.29 is 9.59 Å². The summed E-state index contributed by atoms with van der Waals surface area (Å²) in [5.41, 5.74) is -0.533. The summed E-state index contributed by atoms with van der Waals surface area (Å²) >= 11 is 0.